The Morgan fingerprint density at radius 2 is 0.938 bits per heavy atom. The van der Waals surface area contributed by atoms with Crippen LogP contribution >= 0.6 is 0 Å². The summed E-state index contributed by atoms with van der Waals surface area (Å²) in [5, 5.41) is 0. The van der Waals surface area contributed by atoms with Gasteiger partial charge >= 0.3 is 0 Å². The van der Waals surface area contributed by atoms with Crippen LogP contribution in [0.15, 0.2) is 24.3 Å². The first kappa shape index (κ1) is 9.43. The molecule has 0 spiro atoms. The van der Waals surface area contributed by atoms with Gasteiger partial charge in [0.2, 0.25) is 0 Å². The minimum atomic E-state index is 0.398. The molecule has 4 aliphatic heterocycles. The lowest BCUT2D eigenvalue weighted by molar-refractivity contribution is 0.121. The zero-order chi connectivity index (χ0) is 11.3. The highest BCUT2D eigenvalue weighted by Crippen LogP contribution is 2.68. The molecule has 0 aromatic carbocycles. The van der Waals surface area contributed by atoms with E-state index in [1.54, 1.807) is 0 Å². The fourth-order valence-corrected chi connectivity index (χ4v) is 5.43. The van der Waals surface area contributed by atoms with Crippen LogP contribution < -0.4 is 0 Å². The molecule has 0 aromatic rings. The largest absolute Gasteiger partial charge is 0.292 e. The molecule has 2 saturated heterocycles. The highest BCUT2D eigenvalue weighted by molar-refractivity contribution is 5.42. The molecule has 16 heavy (non-hydrogen) atoms. The summed E-state index contributed by atoms with van der Waals surface area (Å²) in [5.74, 6) is 0. The second-order valence-electron chi connectivity index (χ2n) is 6.45. The maximum atomic E-state index is 2.58. The molecule has 4 aliphatic rings. The Kier molecular flexibility index (Phi) is 1.37. The lowest BCUT2D eigenvalue weighted by Crippen LogP contribution is -2.50. The van der Waals surface area contributed by atoms with Crippen molar-refractivity contribution in [3.63, 3.8) is 0 Å². The topological polar surface area (TPSA) is 6.48 Å². The molecule has 0 N–H and O–H groups in total. The SMILES string of the molecule is CN1[C@H]2C=C[C@@H]1C1(C)[C@@H]3C=C[C@@H](N3C)C21C. The first-order chi connectivity index (χ1) is 7.53. The normalized spacial score (nSPS) is 62.5. The van der Waals surface area contributed by atoms with Crippen molar-refractivity contribution in [3.05, 3.63) is 24.3 Å². The molecule has 4 rings (SSSR count). The van der Waals surface area contributed by atoms with Crippen LogP contribution in [0.5, 0.6) is 0 Å². The summed E-state index contributed by atoms with van der Waals surface area (Å²) in [4.78, 5) is 5.17. The third kappa shape index (κ3) is 0.604. The monoisotopic (exact) mass is 216 g/mol. The highest BCUT2D eigenvalue weighted by atomic mass is 15.3. The molecule has 0 aliphatic carbocycles. The lowest BCUT2D eigenvalue weighted by Gasteiger charge is -2.45. The Balaban J connectivity index is 1.98. The molecule has 0 radical (unpaired) electrons. The number of hydrogen-bond donors (Lipinski definition) is 0. The van der Waals surface area contributed by atoms with E-state index < -0.39 is 0 Å². The maximum absolute atomic E-state index is 2.58. The molecule has 86 valence electrons. The molecule has 0 aromatic heterocycles. The van der Waals surface area contributed by atoms with Gasteiger partial charge in [-0.05, 0) is 14.1 Å². The van der Waals surface area contributed by atoms with Gasteiger partial charge in [-0.25, -0.2) is 0 Å². The van der Waals surface area contributed by atoms with Gasteiger partial charge in [0.15, 0.2) is 0 Å². The number of likely N-dealkylation sites (N-methyl/N-ethyl adjacent to an activating group) is 2. The Bertz CT molecular complexity index is 354. The van der Waals surface area contributed by atoms with Crippen LogP contribution in [-0.2, 0) is 0 Å². The summed E-state index contributed by atoms with van der Waals surface area (Å²) in [5.41, 5.74) is 0.796. The van der Waals surface area contributed by atoms with Crippen LogP contribution in [0.4, 0.5) is 0 Å². The fourth-order valence-electron chi connectivity index (χ4n) is 5.43. The molecular formula is C14H20N2. The maximum Gasteiger partial charge on any atom is 0.0360 e. The third-order valence-corrected chi connectivity index (χ3v) is 6.32. The van der Waals surface area contributed by atoms with Crippen molar-refractivity contribution in [2.24, 2.45) is 10.8 Å². The Labute approximate surface area is 97.6 Å². The number of hydrogen-bond acceptors (Lipinski definition) is 2. The van der Waals surface area contributed by atoms with E-state index in [1.165, 1.54) is 0 Å². The second kappa shape index (κ2) is 2.32. The standard InChI is InChI=1S/C14H20N2/c1-13-9-5-7-11(15(9)3)14(13,2)12-8-6-10(13)16(12)4/h5-12H,1-4H3/t9-,10+,11+,12-,13?,14?. The molecule has 2 unspecified atom stereocenters. The Morgan fingerprint density at radius 1 is 0.688 bits per heavy atom. The molecular weight excluding hydrogens is 196 g/mol. The number of rotatable bonds is 0. The third-order valence-electron chi connectivity index (χ3n) is 6.32. The smallest absolute Gasteiger partial charge is 0.0360 e. The van der Waals surface area contributed by atoms with E-state index in [0.29, 0.717) is 35.0 Å². The first-order valence-corrected chi connectivity index (χ1v) is 6.33. The highest BCUT2D eigenvalue weighted by Gasteiger charge is 2.74. The van der Waals surface area contributed by atoms with Gasteiger partial charge in [0.05, 0.1) is 0 Å². The minimum Gasteiger partial charge on any atom is -0.292 e. The Morgan fingerprint density at radius 3 is 1.19 bits per heavy atom. The lowest BCUT2D eigenvalue weighted by atomic mass is 9.55. The fraction of sp³-hybridized carbons (Fsp3) is 0.714. The summed E-state index contributed by atoms with van der Waals surface area (Å²) in [6.45, 7) is 5.00. The van der Waals surface area contributed by atoms with Gasteiger partial charge in [-0.1, -0.05) is 38.2 Å². The van der Waals surface area contributed by atoms with Gasteiger partial charge in [0.25, 0.3) is 0 Å². The average Bonchev–Trinajstić information content (AvgIpc) is 2.87. The Hall–Kier alpha value is -0.600. The van der Waals surface area contributed by atoms with Crippen molar-refractivity contribution in [2.45, 2.75) is 38.0 Å². The quantitative estimate of drug-likeness (QED) is 0.566. The zero-order valence-electron chi connectivity index (χ0n) is 10.5. The van der Waals surface area contributed by atoms with Gasteiger partial charge in [-0.15, -0.1) is 0 Å². The van der Waals surface area contributed by atoms with Crippen LogP contribution in [0.3, 0.4) is 0 Å². The van der Waals surface area contributed by atoms with Gasteiger partial charge in [0, 0.05) is 35.0 Å². The van der Waals surface area contributed by atoms with Gasteiger partial charge in [-0.3, -0.25) is 9.80 Å². The summed E-state index contributed by atoms with van der Waals surface area (Å²) in [6.07, 6.45) is 9.76. The summed E-state index contributed by atoms with van der Waals surface area (Å²) >= 11 is 0. The molecule has 2 heteroatoms. The van der Waals surface area contributed by atoms with Crippen molar-refractivity contribution in [3.8, 4) is 0 Å². The van der Waals surface area contributed by atoms with Crippen LogP contribution in [-0.4, -0.2) is 48.1 Å². The van der Waals surface area contributed by atoms with Crippen LogP contribution in [0.25, 0.3) is 0 Å². The summed E-state index contributed by atoms with van der Waals surface area (Å²) < 4.78 is 0. The summed E-state index contributed by atoms with van der Waals surface area (Å²) in [6, 6.07) is 2.52. The van der Waals surface area contributed by atoms with Gasteiger partial charge in [-0.2, -0.15) is 0 Å². The zero-order valence-corrected chi connectivity index (χ0v) is 10.5. The molecule has 2 nitrogen and oxygen atoms in total. The van der Waals surface area contributed by atoms with E-state index in [2.05, 4.69) is 62.0 Å². The van der Waals surface area contributed by atoms with Crippen LogP contribution in [0.2, 0.25) is 0 Å². The van der Waals surface area contributed by atoms with E-state index in [9.17, 15) is 0 Å². The van der Waals surface area contributed by atoms with E-state index in [-0.39, 0.29) is 0 Å². The molecule has 0 amide bonds. The van der Waals surface area contributed by atoms with Crippen LogP contribution in [0, 0.1) is 10.8 Å². The van der Waals surface area contributed by atoms with Crippen LogP contribution in [0.1, 0.15) is 13.8 Å². The second-order valence-corrected chi connectivity index (χ2v) is 6.45. The van der Waals surface area contributed by atoms with E-state index in [4.69, 9.17) is 0 Å². The predicted molar refractivity (Wildman–Crippen MR) is 65.2 cm³/mol. The average molecular weight is 216 g/mol. The van der Waals surface area contributed by atoms with Gasteiger partial charge < -0.3 is 0 Å². The number of fused-ring (bicyclic) bond motifs is 9. The first-order valence-electron chi connectivity index (χ1n) is 6.33. The van der Waals surface area contributed by atoms with Crippen molar-refractivity contribution in [2.75, 3.05) is 14.1 Å². The molecule has 6 atom stereocenters. The van der Waals surface area contributed by atoms with E-state index in [0.717, 1.165) is 0 Å². The number of nitrogens with zero attached hydrogens (tertiary/aromatic N) is 2. The van der Waals surface area contributed by atoms with Crippen molar-refractivity contribution >= 4 is 0 Å². The molecule has 0 saturated carbocycles. The van der Waals surface area contributed by atoms with E-state index >= 15 is 0 Å². The predicted octanol–water partition coefficient (Wildman–Crippen LogP) is 1.50. The van der Waals surface area contributed by atoms with Gasteiger partial charge in [0.1, 0.15) is 0 Å². The molecule has 2 fully saturated rings. The molecule has 4 heterocycles. The van der Waals surface area contributed by atoms with Crippen molar-refractivity contribution < 1.29 is 0 Å². The van der Waals surface area contributed by atoms with Crippen molar-refractivity contribution in [1.82, 2.24) is 9.80 Å². The minimum absolute atomic E-state index is 0.398. The molecule has 4 bridgehead atoms. The van der Waals surface area contributed by atoms with Crippen molar-refractivity contribution in [1.29, 1.82) is 0 Å². The van der Waals surface area contributed by atoms with E-state index in [1.807, 2.05) is 0 Å². The summed E-state index contributed by atoms with van der Waals surface area (Å²) in [7, 11) is 4.59.